The maximum Gasteiger partial charge on any atom is 0.0853 e. The summed E-state index contributed by atoms with van der Waals surface area (Å²) >= 11 is 0. The van der Waals surface area contributed by atoms with E-state index >= 15 is 0 Å². The van der Waals surface area contributed by atoms with Gasteiger partial charge in [0, 0.05) is 5.69 Å². The van der Waals surface area contributed by atoms with E-state index < -0.39 is 5.60 Å². The third kappa shape index (κ3) is 1.85. The highest BCUT2D eigenvalue weighted by Crippen LogP contribution is 2.42. The number of aliphatic hydroxyl groups is 1. The Bertz CT molecular complexity index is 392. The molecule has 1 aromatic carbocycles. The van der Waals surface area contributed by atoms with E-state index in [-0.39, 0.29) is 6.04 Å². The number of benzene rings is 1. The van der Waals surface area contributed by atoms with Crippen LogP contribution in [-0.4, -0.2) is 16.7 Å². The molecule has 3 rings (SSSR count). The van der Waals surface area contributed by atoms with E-state index in [0.29, 0.717) is 5.92 Å². The Balaban J connectivity index is 1.76. The second-order valence-corrected chi connectivity index (χ2v) is 5.68. The second-order valence-electron chi connectivity index (χ2n) is 5.68. The molecule has 0 spiro atoms. The van der Waals surface area contributed by atoms with Gasteiger partial charge in [-0.05, 0) is 43.2 Å². The van der Waals surface area contributed by atoms with Gasteiger partial charge in [-0.25, -0.2) is 0 Å². The molecule has 0 radical (unpaired) electrons. The number of para-hydroxylation sites is 1. The SMILES string of the molecule is CCC1CCC(O)(C2Cc3ccccc3N2)C1. The van der Waals surface area contributed by atoms with E-state index in [1.54, 1.807) is 0 Å². The highest BCUT2D eigenvalue weighted by molar-refractivity contribution is 5.57. The third-order valence-electron chi connectivity index (χ3n) is 4.62. The predicted octanol–water partition coefficient (Wildman–Crippen LogP) is 2.96. The maximum absolute atomic E-state index is 10.8. The predicted molar refractivity (Wildman–Crippen MR) is 70.1 cm³/mol. The molecule has 0 bridgehead atoms. The normalized spacial score (nSPS) is 35.6. The van der Waals surface area contributed by atoms with Gasteiger partial charge in [-0.2, -0.15) is 0 Å². The smallest absolute Gasteiger partial charge is 0.0853 e. The lowest BCUT2D eigenvalue weighted by Gasteiger charge is -2.30. The van der Waals surface area contributed by atoms with Crippen molar-refractivity contribution in [1.82, 2.24) is 0 Å². The van der Waals surface area contributed by atoms with Crippen molar-refractivity contribution in [3.8, 4) is 0 Å². The highest BCUT2D eigenvalue weighted by Gasteiger charge is 2.44. The van der Waals surface area contributed by atoms with E-state index in [0.717, 1.165) is 19.3 Å². The molecule has 1 aliphatic carbocycles. The fraction of sp³-hybridized carbons (Fsp3) is 0.600. The van der Waals surface area contributed by atoms with E-state index in [1.807, 2.05) is 0 Å². The number of hydrogen-bond donors (Lipinski definition) is 2. The first kappa shape index (κ1) is 11.1. The molecule has 1 heterocycles. The van der Waals surface area contributed by atoms with Crippen molar-refractivity contribution in [2.75, 3.05) is 5.32 Å². The second kappa shape index (κ2) is 4.02. The van der Waals surface area contributed by atoms with Crippen molar-refractivity contribution in [2.24, 2.45) is 5.92 Å². The Morgan fingerprint density at radius 1 is 1.41 bits per heavy atom. The number of anilines is 1. The molecule has 2 aliphatic rings. The molecule has 1 aliphatic heterocycles. The van der Waals surface area contributed by atoms with Gasteiger partial charge in [0.25, 0.3) is 0 Å². The third-order valence-corrected chi connectivity index (χ3v) is 4.62. The minimum absolute atomic E-state index is 0.219. The zero-order valence-electron chi connectivity index (χ0n) is 10.4. The standard InChI is InChI=1S/C15H21NO/c1-2-11-7-8-15(17,10-11)14-9-12-5-3-4-6-13(12)16-14/h3-6,11,14,16-17H,2,7-10H2,1H3. The van der Waals surface area contributed by atoms with Crippen LogP contribution in [-0.2, 0) is 6.42 Å². The zero-order valence-corrected chi connectivity index (χ0v) is 10.4. The summed E-state index contributed by atoms with van der Waals surface area (Å²) in [5.74, 6) is 0.713. The zero-order chi connectivity index (χ0) is 11.9. The van der Waals surface area contributed by atoms with Gasteiger partial charge in [-0.3, -0.25) is 0 Å². The molecule has 2 nitrogen and oxygen atoms in total. The molecule has 1 saturated carbocycles. The summed E-state index contributed by atoms with van der Waals surface area (Å²) in [7, 11) is 0. The van der Waals surface area contributed by atoms with Crippen molar-refractivity contribution in [3.05, 3.63) is 29.8 Å². The average Bonchev–Trinajstić information content (AvgIpc) is 2.93. The van der Waals surface area contributed by atoms with Crippen LogP contribution in [0.3, 0.4) is 0 Å². The van der Waals surface area contributed by atoms with Crippen LogP contribution in [0.4, 0.5) is 5.69 Å². The average molecular weight is 231 g/mol. The summed E-state index contributed by atoms with van der Waals surface area (Å²) < 4.78 is 0. The molecule has 17 heavy (non-hydrogen) atoms. The van der Waals surface area contributed by atoms with Crippen LogP contribution in [0.25, 0.3) is 0 Å². The molecule has 3 atom stereocenters. The molecule has 92 valence electrons. The van der Waals surface area contributed by atoms with Crippen molar-refractivity contribution >= 4 is 5.69 Å². The topological polar surface area (TPSA) is 32.3 Å². The fourth-order valence-corrected chi connectivity index (χ4v) is 3.45. The molecule has 2 heteroatoms. The number of hydrogen-bond acceptors (Lipinski definition) is 2. The van der Waals surface area contributed by atoms with E-state index in [4.69, 9.17) is 0 Å². The maximum atomic E-state index is 10.8. The van der Waals surface area contributed by atoms with Gasteiger partial charge in [0.2, 0.25) is 0 Å². The lowest BCUT2D eigenvalue weighted by molar-refractivity contribution is 0.0255. The minimum atomic E-state index is -0.486. The van der Waals surface area contributed by atoms with Crippen LogP contribution in [0, 0.1) is 5.92 Å². The Labute approximate surface area is 103 Å². The largest absolute Gasteiger partial charge is 0.388 e. The molecule has 0 aromatic heterocycles. The Morgan fingerprint density at radius 2 is 2.24 bits per heavy atom. The first-order valence-electron chi connectivity index (χ1n) is 6.78. The molecule has 3 unspecified atom stereocenters. The van der Waals surface area contributed by atoms with Crippen LogP contribution in [0.15, 0.2) is 24.3 Å². The molecule has 1 aromatic rings. The van der Waals surface area contributed by atoms with Crippen LogP contribution in [0.5, 0.6) is 0 Å². The molecular formula is C15H21NO. The van der Waals surface area contributed by atoms with E-state index in [9.17, 15) is 5.11 Å². The molecule has 1 fully saturated rings. The van der Waals surface area contributed by atoms with E-state index in [1.165, 1.54) is 24.1 Å². The van der Waals surface area contributed by atoms with Gasteiger partial charge in [-0.1, -0.05) is 31.5 Å². The van der Waals surface area contributed by atoms with Crippen molar-refractivity contribution in [2.45, 2.75) is 50.7 Å². The highest BCUT2D eigenvalue weighted by atomic mass is 16.3. The van der Waals surface area contributed by atoms with Crippen molar-refractivity contribution < 1.29 is 5.11 Å². The molecule has 0 saturated heterocycles. The summed E-state index contributed by atoms with van der Waals surface area (Å²) in [4.78, 5) is 0. The van der Waals surface area contributed by atoms with Gasteiger partial charge in [0.05, 0.1) is 11.6 Å². The number of nitrogens with one attached hydrogen (secondary N) is 1. The molecular weight excluding hydrogens is 210 g/mol. The summed E-state index contributed by atoms with van der Waals surface area (Å²) in [6.45, 7) is 2.23. The van der Waals surface area contributed by atoms with Gasteiger partial charge in [-0.15, -0.1) is 0 Å². The summed E-state index contributed by atoms with van der Waals surface area (Å²) in [6.07, 6.45) is 5.28. The fourth-order valence-electron chi connectivity index (χ4n) is 3.45. The van der Waals surface area contributed by atoms with Gasteiger partial charge in [0.15, 0.2) is 0 Å². The van der Waals surface area contributed by atoms with E-state index in [2.05, 4.69) is 36.5 Å². The quantitative estimate of drug-likeness (QED) is 0.820. The first-order chi connectivity index (χ1) is 8.21. The van der Waals surface area contributed by atoms with Crippen LogP contribution < -0.4 is 5.32 Å². The van der Waals surface area contributed by atoms with Crippen LogP contribution >= 0.6 is 0 Å². The Hall–Kier alpha value is -1.02. The summed E-state index contributed by atoms with van der Waals surface area (Å²) in [6, 6.07) is 8.64. The lowest BCUT2D eigenvalue weighted by atomic mass is 9.89. The van der Waals surface area contributed by atoms with Gasteiger partial charge in [0.1, 0.15) is 0 Å². The monoisotopic (exact) mass is 231 g/mol. The first-order valence-corrected chi connectivity index (χ1v) is 6.78. The minimum Gasteiger partial charge on any atom is -0.388 e. The van der Waals surface area contributed by atoms with Crippen LogP contribution in [0.2, 0.25) is 0 Å². The number of rotatable bonds is 2. The summed E-state index contributed by atoms with van der Waals surface area (Å²) in [5, 5.41) is 14.3. The van der Waals surface area contributed by atoms with Crippen LogP contribution in [0.1, 0.15) is 38.2 Å². The Kier molecular flexibility index (Phi) is 2.62. The van der Waals surface area contributed by atoms with Crippen molar-refractivity contribution in [3.63, 3.8) is 0 Å². The van der Waals surface area contributed by atoms with Gasteiger partial charge < -0.3 is 10.4 Å². The lowest BCUT2D eigenvalue weighted by Crippen LogP contribution is -2.44. The Morgan fingerprint density at radius 3 is 2.94 bits per heavy atom. The molecule has 2 N–H and O–H groups in total. The molecule has 0 amide bonds. The number of fused-ring (bicyclic) bond motifs is 1. The summed E-state index contributed by atoms with van der Waals surface area (Å²) in [5.41, 5.74) is 2.08. The van der Waals surface area contributed by atoms with Gasteiger partial charge >= 0.3 is 0 Å². The van der Waals surface area contributed by atoms with Crippen molar-refractivity contribution in [1.29, 1.82) is 0 Å².